The van der Waals surface area contributed by atoms with Crippen LogP contribution in [0, 0.1) is 24.4 Å². The lowest BCUT2D eigenvalue weighted by Gasteiger charge is -2.30. The summed E-state index contributed by atoms with van der Waals surface area (Å²) in [5.41, 5.74) is 10.0. The minimum atomic E-state index is -0.973. The fourth-order valence-corrected chi connectivity index (χ4v) is 4.47. The Balaban J connectivity index is 0.00000336. The van der Waals surface area contributed by atoms with Crippen LogP contribution >= 0.6 is 13.5 Å². The van der Waals surface area contributed by atoms with E-state index in [-0.39, 0.29) is 38.2 Å². The molecule has 3 aromatic carbocycles. The third-order valence-corrected chi connectivity index (χ3v) is 6.47. The first-order chi connectivity index (χ1) is 17.8. The van der Waals surface area contributed by atoms with Gasteiger partial charge in [-0.25, -0.2) is 18.2 Å². The van der Waals surface area contributed by atoms with E-state index in [1.54, 1.807) is 17.0 Å². The molecule has 38 heavy (non-hydrogen) atoms. The molecule has 1 aliphatic rings. The number of amides is 1. The number of rotatable bonds is 6. The Bertz CT molecular complexity index is 1440. The van der Waals surface area contributed by atoms with E-state index < -0.39 is 17.7 Å². The third kappa shape index (κ3) is 5.71. The molecular formula is C28H28F3N5OS. The number of nitrogens with one attached hydrogen (secondary N) is 1. The van der Waals surface area contributed by atoms with Crippen molar-refractivity contribution < 1.29 is 18.0 Å². The summed E-state index contributed by atoms with van der Waals surface area (Å²) in [6, 6.07) is 16.7. The summed E-state index contributed by atoms with van der Waals surface area (Å²) in [7, 11) is 0. The SMILES string of the molecule is Cc1ccc(Nc2c(-c3ccc(F)cc3)nc3n2CCN(C(=O)[C@@H](N)Cc2ccc(F)c(F)c2)C3)cc1.S. The van der Waals surface area contributed by atoms with Crippen molar-refractivity contribution in [2.24, 2.45) is 5.73 Å². The summed E-state index contributed by atoms with van der Waals surface area (Å²) in [5.74, 6) is -1.14. The molecule has 6 nitrogen and oxygen atoms in total. The fourth-order valence-electron chi connectivity index (χ4n) is 4.47. The van der Waals surface area contributed by atoms with E-state index in [1.165, 1.54) is 18.2 Å². The summed E-state index contributed by atoms with van der Waals surface area (Å²) in [6.07, 6.45) is 0.0853. The Labute approximate surface area is 225 Å². The second-order valence-electron chi connectivity index (χ2n) is 9.19. The van der Waals surface area contributed by atoms with Gasteiger partial charge in [0.05, 0.1) is 12.6 Å². The Hall–Kier alpha value is -3.76. The minimum absolute atomic E-state index is 0. The molecule has 198 valence electrons. The molecule has 10 heteroatoms. The molecule has 1 aromatic heterocycles. The normalized spacial score (nSPS) is 13.4. The molecule has 0 unspecified atom stereocenters. The summed E-state index contributed by atoms with van der Waals surface area (Å²) in [4.78, 5) is 19.6. The lowest BCUT2D eigenvalue weighted by atomic mass is 10.0. The molecule has 4 aromatic rings. The maximum Gasteiger partial charge on any atom is 0.240 e. The highest BCUT2D eigenvalue weighted by atomic mass is 32.1. The molecule has 0 radical (unpaired) electrons. The van der Waals surface area contributed by atoms with Gasteiger partial charge in [0.25, 0.3) is 0 Å². The summed E-state index contributed by atoms with van der Waals surface area (Å²) in [6.45, 7) is 3.12. The highest BCUT2D eigenvalue weighted by Gasteiger charge is 2.29. The zero-order valence-electron chi connectivity index (χ0n) is 20.7. The van der Waals surface area contributed by atoms with Gasteiger partial charge >= 0.3 is 0 Å². The number of fused-ring (bicyclic) bond motifs is 1. The predicted octanol–water partition coefficient (Wildman–Crippen LogP) is 5.04. The number of nitrogens with zero attached hydrogens (tertiary/aromatic N) is 3. The maximum atomic E-state index is 13.6. The molecule has 2 heterocycles. The van der Waals surface area contributed by atoms with Crippen LogP contribution in [0.4, 0.5) is 24.7 Å². The first kappa shape index (κ1) is 27.3. The van der Waals surface area contributed by atoms with E-state index in [0.717, 1.165) is 34.8 Å². The molecule has 5 rings (SSSR count). The number of aromatic nitrogens is 2. The number of aryl methyl sites for hydroxylation is 1. The van der Waals surface area contributed by atoms with Gasteiger partial charge in [0, 0.05) is 24.3 Å². The van der Waals surface area contributed by atoms with Crippen LogP contribution in [0.15, 0.2) is 66.7 Å². The van der Waals surface area contributed by atoms with E-state index in [2.05, 4.69) is 5.32 Å². The van der Waals surface area contributed by atoms with Crippen LogP contribution in [0.3, 0.4) is 0 Å². The van der Waals surface area contributed by atoms with Crippen molar-refractivity contribution in [2.75, 3.05) is 11.9 Å². The molecular weight excluding hydrogens is 511 g/mol. The Kier molecular flexibility index (Phi) is 8.13. The largest absolute Gasteiger partial charge is 0.340 e. The first-order valence-electron chi connectivity index (χ1n) is 12.0. The molecule has 0 saturated carbocycles. The number of imidazole rings is 1. The molecule has 1 atom stereocenters. The van der Waals surface area contributed by atoms with Gasteiger partial charge in [-0.3, -0.25) is 4.79 Å². The van der Waals surface area contributed by atoms with E-state index in [0.29, 0.717) is 30.2 Å². The van der Waals surface area contributed by atoms with Crippen LogP contribution < -0.4 is 11.1 Å². The van der Waals surface area contributed by atoms with Crippen LogP contribution in [0.5, 0.6) is 0 Å². The van der Waals surface area contributed by atoms with Crippen molar-refractivity contribution in [1.29, 1.82) is 0 Å². The first-order valence-corrected chi connectivity index (χ1v) is 12.0. The highest BCUT2D eigenvalue weighted by Crippen LogP contribution is 2.33. The van der Waals surface area contributed by atoms with Crippen molar-refractivity contribution >= 4 is 30.9 Å². The number of anilines is 2. The maximum absolute atomic E-state index is 13.6. The third-order valence-electron chi connectivity index (χ3n) is 6.47. The lowest BCUT2D eigenvalue weighted by Crippen LogP contribution is -2.47. The van der Waals surface area contributed by atoms with Gasteiger partial charge in [-0.2, -0.15) is 13.5 Å². The van der Waals surface area contributed by atoms with Gasteiger partial charge in [-0.05, 0) is 67.4 Å². The number of hydrogen-bond donors (Lipinski definition) is 2. The van der Waals surface area contributed by atoms with Gasteiger partial charge in [0.1, 0.15) is 23.2 Å². The van der Waals surface area contributed by atoms with Gasteiger partial charge in [0.2, 0.25) is 5.91 Å². The zero-order valence-corrected chi connectivity index (χ0v) is 21.7. The molecule has 1 aliphatic heterocycles. The van der Waals surface area contributed by atoms with E-state index in [1.807, 2.05) is 35.8 Å². The van der Waals surface area contributed by atoms with Crippen LogP contribution in [0.25, 0.3) is 11.3 Å². The Morgan fingerprint density at radius 1 is 1.00 bits per heavy atom. The predicted molar refractivity (Wildman–Crippen MR) is 146 cm³/mol. The standard InChI is InChI=1S/C28H26F3N5O.H2S/c1-17-2-9-21(10-3-17)33-27-26(19-5-7-20(29)8-6-19)34-25-16-35(12-13-36(25)27)28(37)24(32)15-18-4-11-22(30)23(31)14-18;/h2-11,14,24,33H,12-13,15-16,32H2,1H3;1H2/t24-;/m0./s1. The summed E-state index contributed by atoms with van der Waals surface area (Å²) in [5, 5.41) is 3.44. The number of nitrogens with two attached hydrogens (primary N) is 1. The second kappa shape index (κ2) is 11.3. The van der Waals surface area contributed by atoms with Crippen LogP contribution in [-0.4, -0.2) is 32.9 Å². The number of carbonyl (C=O) groups excluding carboxylic acids is 1. The molecule has 0 bridgehead atoms. The molecule has 0 fully saturated rings. The van der Waals surface area contributed by atoms with Crippen LogP contribution in [0.2, 0.25) is 0 Å². The van der Waals surface area contributed by atoms with Crippen molar-refractivity contribution in [3.05, 3.63) is 101 Å². The van der Waals surface area contributed by atoms with Gasteiger partial charge in [-0.1, -0.05) is 23.8 Å². The molecule has 1 amide bonds. The van der Waals surface area contributed by atoms with Gasteiger partial charge in [0.15, 0.2) is 11.6 Å². The summed E-state index contributed by atoms with van der Waals surface area (Å²) < 4.78 is 42.4. The molecule has 0 spiro atoms. The highest BCUT2D eigenvalue weighted by molar-refractivity contribution is 7.59. The Morgan fingerprint density at radius 3 is 2.39 bits per heavy atom. The number of halogens is 3. The number of benzene rings is 3. The topological polar surface area (TPSA) is 76.2 Å². The van der Waals surface area contributed by atoms with Crippen LogP contribution in [-0.2, 0) is 24.3 Å². The average molecular weight is 540 g/mol. The summed E-state index contributed by atoms with van der Waals surface area (Å²) >= 11 is 0. The molecule has 0 aliphatic carbocycles. The van der Waals surface area contributed by atoms with E-state index in [4.69, 9.17) is 10.7 Å². The average Bonchev–Trinajstić information content (AvgIpc) is 3.25. The molecule has 3 N–H and O–H groups in total. The zero-order chi connectivity index (χ0) is 26.1. The fraction of sp³-hybridized carbons (Fsp3) is 0.214. The Morgan fingerprint density at radius 2 is 1.71 bits per heavy atom. The quantitative estimate of drug-likeness (QED) is 0.360. The second-order valence-corrected chi connectivity index (χ2v) is 9.19. The number of carbonyl (C=O) groups is 1. The van der Waals surface area contributed by atoms with Crippen molar-refractivity contribution in [3.63, 3.8) is 0 Å². The smallest absolute Gasteiger partial charge is 0.240 e. The monoisotopic (exact) mass is 539 g/mol. The van der Waals surface area contributed by atoms with Gasteiger partial charge < -0.3 is 20.5 Å². The number of hydrogen-bond acceptors (Lipinski definition) is 4. The minimum Gasteiger partial charge on any atom is -0.340 e. The van der Waals surface area contributed by atoms with E-state index >= 15 is 0 Å². The van der Waals surface area contributed by atoms with Gasteiger partial charge in [-0.15, -0.1) is 0 Å². The van der Waals surface area contributed by atoms with E-state index in [9.17, 15) is 18.0 Å². The molecule has 0 saturated heterocycles. The van der Waals surface area contributed by atoms with Crippen molar-refractivity contribution in [2.45, 2.75) is 32.5 Å². The van der Waals surface area contributed by atoms with Crippen molar-refractivity contribution in [1.82, 2.24) is 14.5 Å². The lowest BCUT2D eigenvalue weighted by molar-refractivity contribution is -0.134. The van der Waals surface area contributed by atoms with Crippen molar-refractivity contribution in [3.8, 4) is 11.3 Å². The van der Waals surface area contributed by atoms with Crippen LogP contribution in [0.1, 0.15) is 17.0 Å².